The highest BCUT2D eigenvalue weighted by atomic mass is 16.6. The minimum absolute atomic E-state index is 0.113. The summed E-state index contributed by atoms with van der Waals surface area (Å²) in [6, 6.07) is 9.52. The Labute approximate surface area is 138 Å². The molecule has 1 aromatic rings. The van der Waals surface area contributed by atoms with Crippen molar-refractivity contribution in [3.05, 3.63) is 35.9 Å². The normalized spacial score (nSPS) is 25.3. The summed E-state index contributed by atoms with van der Waals surface area (Å²) in [5, 5.41) is 0. The highest BCUT2D eigenvalue weighted by molar-refractivity contribution is 5.93. The lowest BCUT2D eigenvalue weighted by atomic mass is 9.81. The zero-order valence-electron chi connectivity index (χ0n) is 14.5. The second kappa shape index (κ2) is 7.62. The number of benzene rings is 1. The molecule has 2 amide bonds. The van der Waals surface area contributed by atoms with Crippen LogP contribution in [-0.2, 0) is 16.1 Å². The van der Waals surface area contributed by atoms with Gasteiger partial charge in [0, 0.05) is 12.5 Å². The van der Waals surface area contributed by atoms with Crippen LogP contribution in [0.4, 0.5) is 4.79 Å². The number of hydrogen-bond donors (Lipinski definition) is 0. The molecule has 2 rings (SSSR count). The van der Waals surface area contributed by atoms with Crippen molar-refractivity contribution < 1.29 is 14.3 Å². The van der Waals surface area contributed by atoms with Gasteiger partial charge in [-0.3, -0.25) is 4.79 Å². The van der Waals surface area contributed by atoms with Gasteiger partial charge in [0.2, 0.25) is 5.91 Å². The number of hydrogen-bond acceptors (Lipinski definition) is 3. The first-order chi connectivity index (χ1) is 10.9. The lowest BCUT2D eigenvalue weighted by molar-refractivity contribution is -0.133. The lowest BCUT2D eigenvalue weighted by Crippen LogP contribution is -2.42. The molecule has 0 radical (unpaired) electrons. The van der Waals surface area contributed by atoms with Gasteiger partial charge in [0.15, 0.2) is 0 Å². The highest BCUT2D eigenvalue weighted by Gasteiger charge is 2.37. The van der Waals surface area contributed by atoms with E-state index in [-0.39, 0.29) is 18.4 Å². The minimum atomic E-state index is -0.523. The maximum atomic E-state index is 12.5. The predicted octanol–water partition coefficient (Wildman–Crippen LogP) is 4.10. The summed E-state index contributed by atoms with van der Waals surface area (Å²) >= 11 is 0. The molecule has 1 heterocycles. The summed E-state index contributed by atoms with van der Waals surface area (Å²) in [5.41, 5.74) is 0.921. The Kier molecular flexibility index (Phi) is 5.80. The number of rotatable bonds is 3. The van der Waals surface area contributed by atoms with Gasteiger partial charge in [-0.25, -0.2) is 9.69 Å². The van der Waals surface area contributed by atoms with Crippen LogP contribution in [0.2, 0.25) is 0 Å². The molecular formula is C19H27NO3. The summed E-state index contributed by atoms with van der Waals surface area (Å²) in [4.78, 5) is 26.3. The summed E-state index contributed by atoms with van der Waals surface area (Å²) in [5.74, 6) is 0.901. The second-order valence-corrected chi connectivity index (χ2v) is 7.01. The fourth-order valence-electron chi connectivity index (χ4n) is 3.41. The summed E-state index contributed by atoms with van der Waals surface area (Å²) < 4.78 is 5.37. The van der Waals surface area contributed by atoms with Crippen molar-refractivity contribution in [2.45, 2.75) is 40.7 Å². The van der Waals surface area contributed by atoms with E-state index in [2.05, 4.69) is 20.8 Å². The molecule has 1 saturated heterocycles. The molecule has 3 atom stereocenters. The van der Waals surface area contributed by atoms with Crippen LogP contribution in [0.1, 0.15) is 39.7 Å². The minimum Gasteiger partial charge on any atom is -0.444 e. The molecule has 1 aromatic carbocycles. The Morgan fingerprint density at radius 2 is 1.91 bits per heavy atom. The van der Waals surface area contributed by atoms with Gasteiger partial charge in [-0.05, 0) is 29.7 Å². The van der Waals surface area contributed by atoms with E-state index < -0.39 is 6.09 Å². The molecule has 0 bridgehead atoms. The van der Waals surface area contributed by atoms with Crippen LogP contribution in [0.25, 0.3) is 0 Å². The Morgan fingerprint density at radius 3 is 2.52 bits per heavy atom. The van der Waals surface area contributed by atoms with E-state index in [0.29, 0.717) is 24.3 Å². The van der Waals surface area contributed by atoms with Crippen LogP contribution in [0, 0.1) is 23.7 Å². The van der Waals surface area contributed by atoms with Gasteiger partial charge < -0.3 is 4.74 Å². The molecule has 0 spiro atoms. The van der Waals surface area contributed by atoms with Crippen LogP contribution in [0.15, 0.2) is 30.3 Å². The zero-order valence-corrected chi connectivity index (χ0v) is 14.5. The SMILES string of the molecule is CC1CC(C)[C@@H](C(C)C)CN(C(=O)OCc2ccccc2)C1=O. The molecular weight excluding hydrogens is 290 g/mol. The Balaban J connectivity index is 2.07. The van der Waals surface area contributed by atoms with Gasteiger partial charge in [-0.2, -0.15) is 0 Å². The third-order valence-electron chi connectivity index (χ3n) is 4.82. The average Bonchev–Trinajstić information content (AvgIpc) is 2.63. The zero-order chi connectivity index (χ0) is 17.0. The number of carbonyl (C=O) groups excluding carboxylic acids is 2. The van der Waals surface area contributed by atoms with Crippen LogP contribution in [0.5, 0.6) is 0 Å². The summed E-state index contributed by atoms with van der Waals surface area (Å²) in [6.07, 6.45) is 0.301. The maximum absolute atomic E-state index is 12.5. The van der Waals surface area contributed by atoms with Gasteiger partial charge in [-0.15, -0.1) is 0 Å². The molecule has 0 saturated carbocycles. The maximum Gasteiger partial charge on any atom is 0.416 e. The standard InChI is InChI=1S/C19H27NO3/c1-13(2)17-11-20(18(21)15(4)10-14(17)3)19(22)23-12-16-8-6-5-7-9-16/h5-9,13-15,17H,10-12H2,1-4H3/t14?,15?,17-/m1/s1. The monoisotopic (exact) mass is 317 g/mol. The molecule has 2 unspecified atom stereocenters. The molecule has 0 N–H and O–H groups in total. The third-order valence-corrected chi connectivity index (χ3v) is 4.82. The fraction of sp³-hybridized carbons (Fsp3) is 0.579. The smallest absolute Gasteiger partial charge is 0.416 e. The fourth-order valence-corrected chi connectivity index (χ4v) is 3.41. The first kappa shape index (κ1) is 17.5. The number of ether oxygens (including phenoxy) is 1. The van der Waals surface area contributed by atoms with Crippen molar-refractivity contribution in [1.29, 1.82) is 0 Å². The number of carbonyl (C=O) groups is 2. The van der Waals surface area contributed by atoms with E-state index in [1.807, 2.05) is 37.3 Å². The average molecular weight is 317 g/mol. The highest BCUT2D eigenvalue weighted by Crippen LogP contribution is 2.32. The molecule has 0 aromatic heterocycles. The molecule has 1 aliphatic rings. The predicted molar refractivity (Wildman–Crippen MR) is 89.6 cm³/mol. The van der Waals surface area contributed by atoms with Crippen molar-refractivity contribution in [3.8, 4) is 0 Å². The largest absolute Gasteiger partial charge is 0.444 e. The number of likely N-dealkylation sites (tertiary alicyclic amines) is 1. The van der Waals surface area contributed by atoms with Crippen molar-refractivity contribution in [3.63, 3.8) is 0 Å². The van der Waals surface area contributed by atoms with Gasteiger partial charge >= 0.3 is 6.09 Å². The molecule has 126 valence electrons. The van der Waals surface area contributed by atoms with Crippen molar-refractivity contribution >= 4 is 12.0 Å². The van der Waals surface area contributed by atoms with E-state index in [0.717, 1.165) is 12.0 Å². The van der Waals surface area contributed by atoms with E-state index in [1.54, 1.807) is 0 Å². The Bertz CT molecular complexity index is 541. The number of nitrogens with zero attached hydrogens (tertiary/aromatic N) is 1. The van der Waals surface area contributed by atoms with Crippen LogP contribution < -0.4 is 0 Å². The topological polar surface area (TPSA) is 46.6 Å². The van der Waals surface area contributed by atoms with Crippen LogP contribution in [-0.4, -0.2) is 23.4 Å². The molecule has 4 heteroatoms. The summed E-state index contributed by atoms with van der Waals surface area (Å²) in [7, 11) is 0. The Hall–Kier alpha value is -1.84. The quantitative estimate of drug-likeness (QED) is 0.843. The third kappa shape index (κ3) is 4.34. The molecule has 1 fully saturated rings. The second-order valence-electron chi connectivity index (χ2n) is 7.01. The number of amides is 2. The van der Waals surface area contributed by atoms with Gasteiger partial charge in [0.05, 0.1) is 0 Å². The van der Waals surface area contributed by atoms with E-state index in [4.69, 9.17) is 4.74 Å². The molecule has 0 aliphatic carbocycles. The number of imide groups is 1. The van der Waals surface area contributed by atoms with Gasteiger partial charge in [0.25, 0.3) is 0 Å². The van der Waals surface area contributed by atoms with Crippen LogP contribution >= 0.6 is 0 Å². The van der Waals surface area contributed by atoms with Crippen molar-refractivity contribution in [1.82, 2.24) is 4.90 Å². The summed E-state index contributed by atoms with van der Waals surface area (Å²) in [6.45, 7) is 9.02. The van der Waals surface area contributed by atoms with Crippen molar-refractivity contribution in [2.75, 3.05) is 6.54 Å². The molecule has 4 nitrogen and oxygen atoms in total. The first-order valence-corrected chi connectivity index (χ1v) is 8.42. The van der Waals surface area contributed by atoms with Gasteiger partial charge in [-0.1, -0.05) is 58.0 Å². The van der Waals surface area contributed by atoms with Gasteiger partial charge in [0.1, 0.15) is 6.61 Å². The van der Waals surface area contributed by atoms with Crippen LogP contribution in [0.3, 0.4) is 0 Å². The van der Waals surface area contributed by atoms with E-state index in [1.165, 1.54) is 4.90 Å². The van der Waals surface area contributed by atoms with E-state index >= 15 is 0 Å². The Morgan fingerprint density at radius 1 is 1.26 bits per heavy atom. The van der Waals surface area contributed by atoms with Crippen molar-refractivity contribution in [2.24, 2.45) is 23.7 Å². The lowest BCUT2D eigenvalue weighted by Gasteiger charge is -2.28. The molecule has 23 heavy (non-hydrogen) atoms. The van der Waals surface area contributed by atoms with E-state index in [9.17, 15) is 9.59 Å². The first-order valence-electron chi connectivity index (χ1n) is 8.42. The molecule has 1 aliphatic heterocycles.